The molecule has 2 aromatic carbocycles. The Kier molecular flexibility index (Phi) is 5.97. The van der Waals surface area contributed by atoms with E-state index in [-0.39, 0.29) is 6.61 Å². The number of hydrogen-bond acceptors (Lipinski definition) is 5. The van der Waals surface area contributed by atoms with E-state index < -0.39 is 11.9 Å². The van der Waals surface area contributed by atoms with Crippen LogP contribution in [0, 0.1) is 0 Å². The standard InChI is InChI=1S/C23H22ClN3O3/c1-2-27-11-10-20-18(13-27)22(17-8-3-4-9-19(17)26-20)23(29)30-14-21(28)25-16-7-5-6-15(24)12-16/h3-9,12H,2,10-11,13-14H2,1H3,(H,25,28). The van der Waals surface area contributed by atoms with Gasteiger partial charge in [-0.1, -0.05) is 42.8 Å². The van der Waals surface area contributed by atoms with Crippen LogP contribution in [0.4, 0.5) is 5.69 Å². The minimum atomic E-state index is -0.510. The molecular weight excluding hydrogens is 402 g/mol. The maximum Gasteiger partial charge on any atom is 0.339 e. The normalized spacial score (nSPS) is 13.7. The summed E-state index contributed by atoms with van der Waals surface area (Å²) in [5.74, 6) is -0.933. The maximum absolute atomic E-state index is 13.1. The van der Waals surface area contributed by atoms with E-state index >= 15 is 0 Å². The summed E-state index contributed by atoms with van der Waals surface area (Å²) in [5, 5.41) is 3.94. The van der Waals surface area contributed by atoms with Crippen molar-refractivity contribution in [3.05, 3.63) is 70.4 Å². The predicted molar refractivity (Wildman–Crippen MR) is 117 cm³/mol. The lowest BCUT2D eigenvalue weighted by molar-refractivity contribution is -0.119. The minimum absolute atomic E-state index is 0.381. The summed E-state index contributed by atoms with van der Waals surface area (Å²) in [7, 11) is 0. The molecule has 1 aliphatic heterocycles. The molecule has 0 aliphatic carbocycles. The van der Waals surface area contributed by atoms with Gasteiger partial charge in [0.05, 0.1) is 11.1 Å². The van der Waals surface area contributed by atoms with Gasteiger partial charge in [-0.25, -0.2) is 4.79 Å². The molecule has 0 spiro atoms. The van der Waals surface area contributed by atoms with E-state index in [4.69, 9.17) is 21.3 Å². The number of pyridine rings is 1. The third kappa shape index (κ3) is 4.30. The van der Waals surface area contributed by atoms with Gasteiger partial charge in [0, 0.05) is 46.9 Å². The van der Waals surface area contributed by atoms with Crippen LogP contribution in [-0.2, 0) is 22.5 Å². The maximum atomic E-state index is 13.1. The Morgan fingerprint density at radius 2 is 2.03 bits per heavy atom. The number of aromatic nitrogens is 1. The Balaban J connectivity index is 1.57. The van der Waals surface area contributed by atoms with Crippen LogP contribution in [0.5, 0.6) is 0 Å². The zero-order valence-electron chi connectivity index (χ0n) is 16.7. The van der Waals surface area contributed by atoms with E-state index in [2.05, 4.69) is 17.1 Å². The average molecular weight is 424 g/mol. The van der Waals surface area contributed by atoms with Gasteiger partial charge in [0.15, 0.2) is 6.61 Å². The number of rotatable bonds is 5. The van der Waals surface area contributed by atoms with Crippen LogP contribution in [0.2, 0.25) is 5.02 Å². The van der Waals surface area contributed by atoms with E-state index in [0.29, 0.717) is 22.8 Å². The van der Waals surface area contributed by atoms with Crippen LogP contribution in [-0.4, -0.2) is 41.5 Å². The number of carbonyl (C=O) groups is 2. The largest absolute Gasteiger partial charge is 0.452 e. The molecule has 0 unspecified atom stereocenters. The van der Waals surface area contributed by atoms with Crippen molar-refractivity contribution >= 4 is 40.1 Å². The Morgan fingerprint density at radius 1 is 1.20 bits per heavy atom. The van der Waals surface area contributed by atoms with Gasteiger partial charge >= 0.3 is 5.97 Å². The second-order valence-corrected chi connectivity index (χ2v) is 7.62. The Morgan fingerprint density at radius 3 is 2.83 bits per heavy atom. The van der Waals surface area contributed by atoms with Gasteiger partial charge in [0.25, 0.3) is 5.91 Å². The molecule has 1 aliphatic rings. The molecule has 7 heteroatoms. The van der Waals surface area contributed by atoms with Crippen molar-refractivity contribution in [1.29, 1.82) is 0 Å². The molecule has 0 saturated carbocycles. The number of halogens is 1. The van der Waals surface area contributed by atoms with Gasteiger partial charge in [0.2, 0.25) is 0 Å². The van der Waals surface area contributed by atoms with Crippen LogP contribution in [0.1, 0.15) is 28.5 Å². The fourth-order valence-electron chi connectivity index (χ4n) is 3.72. The first-order valence-corrected chi connectivity index (χ1v) is 10.3. The Labute approximate surface area is 179 Å². The van der Waals surface area contributed by atoms with Gasteiger partial charge in [-0.3, -0.25) is 14.7 Å². The SMILES string of the molecule is CCN1CCc2nc3ccccc3c(C(=O)OCC(=O)Nc3cccc(Cl)c3)c2C1. The fourth-order valence-corrected chi connectivity index (χ4v) is 3.91. The zero-order valence-corrected chi connectivity index (χ0v) is 17.4. The molecule has 1 amide bonds. The van der Waals surface area contributed by atoms with Crippen molar-refractivity contribution in [2.24, 2.45) is 0 Å². The lowest BCUT2D eigenvalue weighted by atomic mass is 9.96. The summed E-state index contributed by atoms with van der Waals surface area (Å²) < 4.78 is 5.41. The number of nitrogens with one attached hydrogen (secondary N) is 1. The van der Waals surface area contributed by atoms with Gasteiger partial charge in [0.1, 0.15) is 0 Å². The summed E-state index contributed by atoms with van der Waals surface area (Å²) in [5.41, 5.74) is 3.63. The Bertz CT molecular complexity index is 1120. The summed E-state index contributed by atoms with van der Waals surface area (Å²) in [6.07, 6.45) is 0.781. The quantitative estimate of drug-likeness (QED) is 0.626. The topological polar surface area (TPSA) is 71.5 Å². The third-order valence-corrected chi connectivity index (χ3v) is 5.45. The van der Waals surface area contributed by atoms with Crippen molar-refractivity contribution in [2.75, 3.05) is 25.0 Å². The van der Waals surface area contributed by atoms with E-state index in [1.807, 2.05) is 24.3 Å². The summed E-state index contributed by atoms with van der Waals surface area (Å²) in [6, 6.07) is 14.3. The van der Waals surface area contributed by atoms with Crippen molar-refractivity contribution in [2.45, 2.75) is 19.9 Å². The number of carbonyl (C=O) groups excluding carboxylic acids is 2. The molecule has 1 N–H and O–H groups in total. The molecule has 30 heavy (non-hydrogen) atoms. The lowest BCUT2D eigenvalue weighted by Gasteiger charge is -2.28. The number of ether oxygens (including phenoxy) is 1. The number of likely N-dealkylation sites (N-methyl/N-ethyl adjacent to an activating group) is 1. The second kappa shape index (κ2) is 8.81. The molecule has 4 rings (SSSR count). The number of esters is 1. The number of hydrogen-bond donors (Lipinski definition) is 1. The second-order valence-electron chi connectivity index (χ2n) is 7.18. The van der Waals surface area contributed by atoms with Gasteiger partial charge in [-0.15, -0.1) is 0 Å². The molecule has 154 valence electrons. The molecule has 3 aromatic rings. The van der Waals surface area contributed by atoms with Crippen LogP contribution in [0.25, 0.3) is 10.9 Å². The number of fused-ring (bicyclic) bond motifs is 2. The molecule has 2 heterocycles. The van der Waals surface area contributed by atoms with E-state index in [9.17, 15) is 9.59 Å². The zero-order chi connectivity index (χ0) is 21.1. The molecule has 0 fully saturated rings. The molecule has 0 atom stereocenters. The van der Waals surface area contributed by atoms with Crippen molar-refractivity contribution in [1.82, 2.24) is 9.88 Å². The predicted octanol–water partition coefficient (Wildman–Crippen LogP) is 4.06. The Hall–Kier alpha value is -2.96. The molecule has 0 saturated heterocycles. The van der Waals surface area contributed by atoms with Crippen molar-refractivity contribution < 1.29 is 14.3 Å². The first-order chi connectivity index (χ1) is 14.5. The van der Waals surface area contributed by atoms with Crippen molar-refractivity contribution in [3.63, 3.8) is 0 Å². The van der Waals surface area contributed by atoms with E-state index in [1.165, 1.54) is 0 Å². The molecular formula is C23H22ClN3O3. The first kappa shape index (κ1) is 20.3. The number of anilines is 1. The van der Waals surface area contributed by atoms with Gasteiger partial charge in [-0.05, 0) is 30.8 Å². The monoisotopic (exact) mass is 423 g/mol. The van der Waals surface area contributed by atoms with Crippen LogP contribution in [0.15, 0.2) is 48.5 Å². The third-order valence-electron chi connectivity index (χ3n) is 5.22. The van der Waals surface area contributed by atoms with Crippen LogP contribution in [0.3, 0.4) is 0 Å². The van der Waals surface area contributed by atoms with E-state index in [0.717, 1.165) is 41.7 Å². The first-order valence-electron chi connectivity index (χ1n) is 9.90. The molecule has 0 bridgehead atoms. The molecule has 1 aromatic heterocycles. The summed E-state index contributed by atoms with van der Waals surface area (Å²) >= 11 is 5.94. The fraction of sp³-hybridized carbons (Fsp3) is 0.261. The highest BCUT2D eigenvalue weighted by Crippen LogP contribution is 2.28. The summed E-state index contributed by atoms with van der Waals surface area (Å²) in [4.78, 5) is 32.4. The van der Waals surface area contributed by atoms with E-state index in [1.54, 1.807) is 24.3 Å². The number of benzene rings is 2. The number of para-hydroxylation sites is 1. The van der Waals surface area contributed by atoms with Gasteiger partial charge < -0.3 is 10.1 Å². The number of nitrogens with zero attached hydrogens (tertiary/aromatic N) is 2. The van der Waals surface area contributed by atoms with Crippen LogP contribution < -0.4 is 5.32 Å². The minimum Gasteiger partial charge on any atom is -0.452 e. The highest BCUT2D eigenvalue weighted by molar-refractivity contribution is 6.30. The number of amides is 1. The highest BCUT2D eigenvalue weighted by atomic mass is 35.5. The van der Waals surface area contributed by atoms with Gasteiger partial charge in [-0.2, -0.15) is 0 Å². The smallest absolute Gasteiger partial charge is 0.339 e. The lowest BCUT2D eigenvalue weighted by Crippen LogP contribution is -2.32. The van der Waals surface area contributed by atoms with Crippen molar-refractivity contribution in [3.8, 4) is 0 Å². The molecule has 0 radical (unpaired) electrons. The summed E-state index contributed by atoms with van der Waals surface area (Å²) in [6.45, 7) is 4.16. The van der Waals surface area contributed by atoms with Crippen LogP contribution >= 0.6 is 11.6 Å². The highest BCUT2D eigenvalue weighted by Gasteiger charge is 2.26. The average Bonchev–Trinajstić information content (AvgIpc) is 2.75. The molecule has 6 nitrogen and oxygen atoms in total.